The predicted octanol–water partition coefficient (Wildman–Crippen LogP) is 1.42. The van der Waals surface area contributed by atoms with E-state index in [4.69, 9.17) is 9.84 Å². The number of ether oxygens (including phenoxy) is 1. The zero-order valence-corrected chi connectivity index (χ0v) is 8.36. The normalized spacial score (nSPS) is 9.73. The first-order valence-corrected chi connectivity index (χ1v) is 4.35. The van der Waals surface area contributed by atoms with Gasteiger partial charge in [0.1, 0.15) is 11.5 Å². The lowest BCUT2D eigenvalue weighted by Crippen LogP contribution is -1.98. The minimum absolute atomic E-state index is 0.00289. The molecular weight excluding hydrogens is 196 g/mol. The van der Waals surface area contributed by atoms with Gasteiger partial charge in [-0.3, -0.25) is 4.79 Å². The summed E-state index contributed by atoms with van der Waals surface area (Å²) in [6, 6.07) is 4.48. The maximum Gasteiger partial charge on any atom is 0.308 e. The van der Waals surface area contributed by atoms with Crippen molar-refractivity contribution >= 4 is 11.7 Å². The van der Waals surface area contributed by atoms with E-state index in [1.165, 1.54) is 19.1 Å². The monoisotopic (exact) mass is 208 g/mol. The highest BCUT2D eigenvalue weighted by Gasteiger charge is 2.06. The average Bonchev–Trinajstić information content (AvgIpc) is 2.17. The third-order valence-corrected chi connectivity index (χ3v) is 1.84. The van der Waals surface area contributed by atoms with Crippen molar-refractivity contribution in [2.45, 2.75) is 13.5 Å². The zero-order chi connectivity index (χ0) is 11.4. The second kappa shape index (κ2) is 4.61. The van der Waals surface area contributed by atoms with Crippen LogP contribution in [-0.2, 0) is 16.1 Å². The van der Waals surface area contributed by atoms with E-state index in [1.54, 1.807) is 6.07 Å². The van der Waals surface area contributed by atoms with Crippen molar-refractivity contribution < 1.29 is 19.7 Å². The number of carbonyl (C=O) groups excluding carboxylic acids is 1. The Hall–Kier alpha value is -1.81. The summed E-state index contributed by atoms with van der Waals surface area (Å²) in [5.41, 5.74) is 0.910. The number of carbonyl (C=O) groups is 1. The van der Waals surface area contributed by atoms with Crippen molar-refractivity contribution in [3.8, 4) is 5.75 Å². The van der Waals surface area contributed by atoms with Gasteiger partial charge in [0, 0.05) is 18.1 Å². The molecule has 0 aromatic heterocycles. The second-order valence-electron chi connectivity index (χ2n) is 3.02. The number of aliphatic hydroxyl groups is 1. The van der Waals surface area contributed by atoms with Crippen LogP contribution in [0, 0.1) is 0 Å². The molecule has 0 bridgehead atoms. The predicted molar refractivity (Wildman–Crippen MR) is 54.8 cm³/mol. The molecule has 0 spiro atoms. The number of hydrogen-bond acceptors (Lipinski definition) is 4. The molecule has 15 heavy (non-hydrogen) atoms. The van der Waals surface area contributed by atoms with Gasteiger partial charge in [0.05, 0.1) is 6.61 Å². The van der Waals surface area contributed by atoms with E-state index in [0.717, 1.165) is 0 Å². The van der Waals surface area contributed by atoms with Crippen molar-refractivity contribution in [2.24, 2.45) is 0 Å². The van der Waals surface area contributed by atoms with Gasteiger partial charge >= 0.3 is 5.97 Å². The lowest BCUT2D eigenvalue weighted by Gasteiger charge is -2.07. The summed E-state index contributed by atoms with van der Waals surface area (Å²) in [7, 11) is 0. The summed E-state index contributed by atoms with van der Waals surface area (Å²) in [6.07, 6.45) is 0. The highest BCUT2D eigenvalue weighted by molar-refractivity contribution is 5.75. The maximum absolute atomic E-state index is 10.7. The van der Waals surface area contributed by atoms with Gasteiger partial charge in [-0.05, 0) is 18.2 Å². The zero-order valence-electron chi connectivity index (χ0n) is 8.36. The molecule has 0 unspecified atom stereocenters. The minimum Gasteiger partial charge on any atom is -0.508 e. The van der Waals surface area contributed by atoms with Gasteiger partial charge < -0.3 is 14.9 Å². The molecular formula is C11H12O4. The van der Waals surface area contributed by atoms with Gasteiger partial charge in [-0.15, -0.1) is 0 Å². The Morgan fingerprint density at radius 1 is 1.53 bits per heavy atom. The van der Waals surface area contributed by atoms with Crippen molar-refractivity contribution in [3.63, 3.8) is 0 Å². The Morgan fingerprint density at radius 3 is 2.73 bits per heavy atom. The molecule has 1 rings (SSSR count). The summed E-state index contributed by atoms with van der Waals surface area (Å²) >= 11 is 0. The first-order valence-electron chi connectivity index (χ1n) is 4.35. The largest absolute Gasteiger partial charge is 0.508 e. The fraction of sp³-hybridized carbons (Fsp3) is 0.182. The topological polar surface area (TPSA) is 66.8 Å². The summed E-state index contributed by atoms with van der Waals surface area (Å²) in [6.45, 7) is 4.56. The van der Waals surface area contributed by atoms with Gasteiger partial charge in [-0.1, -0.05) is 6.58 Å². The van der Waals surface area contributed by atoms with Gasteiger partial charge in [-0.25, -0.2) is 0 Å². The number of esters is 1. The SMILES string of the molecule is C=C(OC(C)=O)c1ccc(O)c(CO)c1. The van der Waals surface area contributed by atoms with Crippen LogP contribution in [0.4, 0.5) is 0 Å². The van der Waals surface area contributed by atoms with Crippen LogP contribution in [0.3, 0.4) is 0 Å². The van der Waals surface area contributed by atoms with Gasteiger partial charge in [0.15, 0.2) is 0 Å². The van der Waals surface area contributed by atoms with Crippen LogP contribution in [0.25, 0.3) is 5.76 Å². The van der Waals surface area contributed by atoms with E-state index in [0.29, 0.717) is 11.1 Å². The Balaban J connectivity index is 2.95. The number of hydrogen-bond donors (Lipinski definition) is 2. The smallest absolute Gasteiger partial charge is 0.308 e. The number of phenols is 1. The number of rotatable bonds is 3. The van der Waals surface area contributed by atoms with Gasteiger partial charge in [0.25, 0.3) is 0 Å². The molecule has 0 saturated heterocycles. The third-order valence-electron chi connectivity index (χ3n) is 1.84. The van der Waals surface area contributed by atoms with Gasteiger partial charge in [0.2, 0.25) is 0 Å². The van der Waals surface area contributed by atoms with Crippen molar-refractivity contribution in [1.29, 1.82) is 0 Å². The van der Waals surface area contributed by atoms with Crippen LogP contribution in [0.5, 0.6) is 5.75 Å². The van der Waals surface area contributed by atoms with Crippen LogP contribution in [0.1, 0.15) is 18.1 Å². The molecule has 0 atom stereocenters. The fourth-order valence-corrected chi connectivity index (χ4v) is 1.12. The second-order valence-corrected chi connectivity index (χ2v) is 3.02. The number of aromatic hydroxyl groups is 1. The van der Waals surface area contributed by atoms with Crippen molar-refractivity contribution in [2.75, 3.05) is 0 Å². The lowest BCUT2D eigenvalue weighted by atomic mass is 10.1. The maximum atomic E-state index is 10.7. The van der Waals surface area contributed by atoms with E-state index >= 15 is 0 Å². The average molecular weight is 208 g/mol. The molecule has 2 N–H and O–H groups in total. The van der Waals surface area contributed by atoms with Crippen molar-refractivity contribution in [1.82, 2.24) is 0 Å². The molecule has 0 heterocycles. The molecule has 0 aliphatic heterocycles. The highest BCUT2D eigenvalue weighted by Crippen LogP contribution is 2.22. The summed E-state index contributed by atoms with van der Waals surface area (Å²) < 4.78 is 4.78. The first-order chi connectivity index (χ1) is 7.04. The van der Waals surface area contributed by atoms with E-state index < -0.39 is 5.97 Å². The van der Waals surface area contributed by atoms with Crippen LogP contribution >= 0.6 is 0 Å². The summed E-state index contributed by atoms with van der Waals surface area (Å²) in [5, 5.41) is 18.2. The van der Waals surface area contributed by atoms with E-state index in [2.05, 4.69) is 6.58 Å². The molecule has 4 heteroatoms. The van der Waals surface area contributed by atoms with Crippen LogP contribution in [0.15, 0.2) is 24.8 Å². The van der Waals surface area contributed by atoms with Crippen LogP contribution in [0.2, 0.25) is 0 Å². The Bertz CT molecular complexity index is 396. The quantitative estimate of drug-likeness (QED) is 0.582. The van der Waals surface area contributed by atoms with Crippen molar-refractivity contribution in [3.05, 3.63) is 35.9 Å². The summed E-state index contributed by atoms with van der Waals surface area (Å²) in [4.78, 5) is 10.7. The molecule has 1 aromatic carbocycles. The standard InChI is InChI=1S/C11H12O4/c1-7(15-8(2)13)9-3-4-11(14)10(5-9)6-12/h3-5,12,14H,1,6H2,2H3. The first kappa shape index (κ1) is 11.3. The Kier molecular flexibility index (Phi) is 3.46. The van der Waals surface area contributed by atoms with E-state index in [-0.39, 0.29) is 18.1 Å². The molecule has 1 aromatic rings. The highest BCUT2D eigenvalue weighted by atomic mass is 16.5. The summed E-state index contributed by atoms with van der Waals surface area (Å²) in [5.74, 6) is -0.271. The third kappa shape index (κ3) is 2.82. The molecule has 0 amide bonds. The molecule has 0 aliphatic rings. The van der Waals surface area contributed by atoms with Crippen LogP contribution < -0.4 is 0 Å². The van der Waals surface area contributed by atoms with Crippen LogP contribution in [-0.4, -0.2) is 16.2 Å². The molecule has 0 fully saturated rings. The number of aliphatic hydroxyl groups excluding tert-OH is 1. The molecule has 0 radical (unpaired) electrons. The van der Waals surface area contributed by atoms with Gasteiger partial charge in [-0.2, -0.15) is 0 Å². The fourth-order valence-electron chi connectivity index (χ4n) is 1.12. The van der Waals surface area contributed by atoms with E-state index in [9.17, 15) is 9.90 Å². The Labute approximate surface area is 87.4 Å². The molecule has 80 valence electrons. The molecule has 0 aliphatic carbocycles. The number of benzene rings is 1. The Morgan fingerprint density at radius 2 is 2.20 bits per heavy atom. The minimum atomic E-state index is -0.460. The molecule has 0 saturated carbocycles. The lowest BCUT2D eigenvalue weighted by molar-refractivity contribution is -0.134. The molecule has 4 nitrogen and oxygen atoms in total. The van der Waals surface area contributed by atoms with E-state index in [1.807, 2.05) is 0 Å².